The van der Waals surface area contributed by atoms with E-state index >= 15 is 0 Å². The van der Waals surface area contributed by atoms with Crippen LogP contribution in [-0.2, 0) is 0 Å². The standard InChI is InChI=1S/C17H34N2/c1-15-6-4-7-16(14-15)18-10-13-19-11-5-8-17(2,3)9-12-19/h15-16,18H,4-14H2,1-3H3. The molecule has 2 atom stereocenters. The summed E-state index contributed by atoms with van der Waals surface area (Å²) in [6.07, 6.45) is 9.82. The van der Waals surface area contributed by atoms with E-state index in [1.165, 1.54) is 71.1 Å². The molecule has 1 N–H and O–H groups in total. The van der Waals surface area contributed by atoms with Gasteiger partial charge in [-0.2, -0.15) is 0 Å². The molecule has 0 aromatic heterocycles. The molecule has 1 saturated heterocycles. The second-order valence-electron chi connectivity index (χ2n) is 7.78. The third kappa shape index (κ3) is 5.43. The number of likely N-dealkylation sites (tertiary alicyclic amines) is 1. The molecule has 1 heterocycles. The summed E-state index contributed by atoms with van der Waals surface area (Å²) in [6, 6.07) is 0.798. The van der Waals surface area contributed by atoms with Gasteiger partial charge < -0.3 is 10.2 Å². The zero-order chi connectivity index (χ0) is 13.7. The summed E-state index contributed by atoms with van der Waals surface area (Å²) in [6.45, 7) is 12.3. The molecule has 2 nitrogen and oxygen atoms in total. The SMILES string of the molecule is CC1CCCC(NCCN2CCCC(C)(C)CC2)C1. The molecule has 1 aliphatic heterocycles. The van der Waals surface area contributed by atoms with Crippen molar-refractivity contribution in [2.24, 2.45) is 11.3 Å². The van der Waals surface area contributed by atoms with Crippen molar-refractivity contribution in [3.8, 4) is 0 Å². The highest BCUT2D eigenvalue weighted by Gasteiger charge is 2.23. The molecule has 19 heavy (non-hydrogen) atoms. The zero-order valence-electron chi connectivity index (χ0n) is 13.4. The van der Waals surface area contributed by atoms with Crippen LogP contribution in [0.25, 0.3) is 0 Å². The average Bonchev–Trinajstić information content (AvgIpc) is 2.51. The second kappa shape index (κ2) is 7.08. The molecule has 0 bridgehead atoms. The molecule has 1 aliphatic carbocycles. The van der Waals surface area contributed by atoms with Crippen molar-refractivity contribution >= 4 is 0 Å². The predicted octanol–water partition coefficient (Wildman–Crippen LogP) is 3.67. The van der Waals surface area contributed by atoms with Crippen LogP contribution in [0.15, 0.2) is 0 Å². The van der Waals surface area contributed by atoms with Crippen molar-refractivity contribution in [2.45, 2.75) is 71.8 Å². The lowest BCUT2D eigenvalue weighted by atomic mass is 9.85. The summed E-state index contributed by atoms with van der Waals surface area (Å²) in [4.78, 5) is 2.67. The molecule has 2 heteroatoms. The number of nitrogens with one attached hydrogen (secondary N) is 1. The maximum atomic E-state index is 3.80. The Hall–Kier alpha value is -0.0800. The molecule has 0 radical (unpaired) electrons. The monoisotopic (exact) mass is 266 g/mol. The smallest absolute Gasteiger partial charge is 0.0107 e. The van der Waals surface area contributed by atoms with E-state index < -0.39 is 0 Å². The summed E-state index contributed by atoms with van der Waals surface area (Å²) < 4.78 is 0. The molecule has 2 fully saturated rings. The van der Waals surface area contributed by atoms with Crippen LogP contribution < -0.4 is 5.32 Å². The Morgan fingerprint density at radius 3 is 2.74 bits per heavy atom. The van der Waals surface area contributed by atoms with Crippen molar-refractivity contribution in [2.75, 3.05) is 26.2 Å². The van der Waals surface area contributed by atoms with Crippen LogP contribution in [0.4, 0.5) is 0 Å². The number of hydrogen-bond donors (Lipinski definition) is 1. The van der Waals surface area contributed by atoms with Crippen molar-refractivity contribution in [3.63, 3.8) is 0 Å². The van der Waals surface area contributed by atoms with E-state index in [4.69, 9.17) is 0 Å². The third-order valence-corrected chi connectivity index (χ3v) is 5.23. The van der Waals surface area contributed by atoms with Crippen LogP contribution in [0.2, 0.25) is 0 Å². The lowest BCUT2D eigenvalue weighted by Crippen LogP contribution is -2.39. The van der Waals surface area contributed by atoms with E-state index in [2.05, 4.69) is 31.0 Å². The van der Waals surface area contributed by atoms with Gasteiger partial charge in [0, 0.05) is 19.1 Å². The Morgan fingerprint density at radius 1 is 1.11 bits per heavy atom. The molecule has 0 spiro atoms. The molecule has 2 unspecified atom stereocenters. The molecule has 2 rings (SSSR count). The van der Waals surface area contributed by atoms with E-state index in [-0.39, 0.29) is 0 Å². The molecule has 0 amide bonds. The maximum Gasteiger partial charge on any atom is 0.0107 e. The normalized spacial score (nSPS) is 33.0. The van der Waals surface area contributed by atoms with Gasteiger partial charge in [0.1, 0.15) is 0 Å². The van der Waals surface area contributed by atoms with Crippen LogP contribution in [-0.4, -0.2) is 37.1 Å². The van der Waals surface area contributed by atoms with Gasteiger partial charge in [0.25, 0.3) is 0 Å². The molecule has 0 aromatic carbocycles. The predicted molar refractivity (Wildman–Crippen MR) is 83.5 cm³/mol. The number of hydrogen-bond acceptors (Lipinski definition) is 2. The molecule has 1 saturated carbocycles. The fourth-order valence-corrected chi connectivity index (χ4v) is 3.75. The fourth-order valence-electron chi connectivity index (χ4n) is 3.75. The van der Waals surface area contributed by atoms with Crippen molar-refractivity contribution in [1.82, 2.24) is 10.2 Å². The summed E-state index contributed by atoms with van der Waals surface area (Å²) in [5, 5.41) is 3.80. The van der Waals surface area contributed by atoms with Gasteiger partial charge in [-0.1, -0.05) is 33.6 Å². The Kier molecular flexibility index (Phi) is 5.70. The first kappa shape index (κ1) is 15.3. The summed E-state index contributed by atoms with van der Waals surface area (Å²) in [5.41, 5.74) is 0.570. The Balaban J connectivity index is 1.62. The highest BCUT2D eigenvalue weighted by atomic mass is 15.1. The first-order valence-electron chi connectivity index (χ1n) is 8.51. The van der Waals surface area contributed by atoms with Crippen LogP contribution in [0.1, 0.15) is 65.7 Å². The minimum absolute atomic E-state index is 0.570. The maximum absolute atomic E-state index is 3.80. The first-order chi connectivity index (χ1) is 9.05. The quantitative estimate of drug-likeness (QED) is 0.835. The van der Waals surface area contributed by atoms with Crippen molar-refractivity contribution < 1.29 is 0 Å². The lowest BCUT2D eigenvalue weighted by molar-refractivity contribution is 0.246. The van der Waals surface area contributed by atoms with Crippen LogP contribution in [0.5, 0.6) is 0 Å². The number of rotatable bonds is 4. The van der Waals surface area contributed by atoms with Crippen molar-refractivity contribution in [3.05, 3.63) is 0 Å². The second-order valence-corrected chi connectivity index (χ2v) is 7.78. The van der Waals surface area contributed by atoms with Gasteiger partial charge in [0.05, 0.1) is 0 Å². The highest BCUT2D eigenvalue weighted by molar-refractivity contribution is 4.78. The zero-order valence-corrected chi connectivity index (χ0v) is 13.4. The summed E-state index contributed by atoms with van der Waals surface area (Å²) >= 11 is 0. The minimum Gasteiger partial charge on any atom is -0.313 e. The lowest BCUT2D eigenvalue weighted by Gasteiger charge is -2.29. The summed E-state index contributed by atoms with van der Waals surface area (Å²) in [7, 11) is 0. The minimum atomic E-state index is 0.570. The van der Waals surface area contributed by atoms with Crippen LogP contribution in [0.3, 0.4) is 0 Å². The summed E-state index contributed by atoms with van der Waals surface area (Å²) in [5.74, 6) is 0.935. The highest BCUT2D eigenvalue weighted by Crippen LogP contribution is 2.29. The Bertz CT molecular complexity index is 262. The largest absolute Gasteiger partial charge is 0.313 e. The van der Waals surface area contributed by atoms with Gasteiger partial charge in [0.15, 0.2) is 0 Å². The molecule has 0 aromatic rings. The van der Waals surface area contributed by atoms with Gasteiger partial charge in [-0.15, -0.1) is 0 Å². The molecular formula is C17H34N2. The van der Waals surface area contributed by atoms with E-state index in [0.29, 0.717) is 5.41 Å². The third-order valence-electron chi connectivity index (χ3n) is 5.23. The van der Waals surface area contributed by atoms with Crippen LogP contribution in [0, 0.1) is 11.3 Å². The molecular weight excluding hydrogens is 232 g/mol. The van der Waals surface area contributed by atoms with Gasteiger partial charge in [0.2, 0.25) is 0 Å². The van der Waals surface area contributed by atoms with Gasteiger partial charge in [-0.05, 0) is 56.5 Å². The van der Waals surface area contributed by atoms with Gasteiger partial charge >= 0.3 is 0 Å². The van der Waals surface area contributed by atoms with E-state index in [1.54, 1.807) is 0 Å². The Morgan fingerprint density at radius 2 is 1.95 bits per heavy atom. The van der Waals surface area contributed by atoms with E-state index in [9.17, 15) is 0 Å². The average molecular weight is 266 g/mol. The van der Waals surface area contributed by atoms with Crippen molar-refractivity contribution in [1.29, 1.82) is 0 Å². The van der Waals surface area contributed by atoms with Crippen LogP contribution >= 0.6 is 0 Å². The molecule has 112 valence electrons. The number of nitrogens with zero attached hydrogens (tertiary/aromatic N) is 1. The first-order valence-corrected chi connectivity index (χ1v) is 8.51. The fraction of sp³-hybridized carbons (Fsp3) is 1.00. The van der Waals surface area contributed by atoms with E-state index in [0.717, 1.165) is 12.0 Å². The van der Waals surface area contributed by atoms with Gasteiger partial charge in [-0.25, -0.2) is 0 Å². The van der Waals surface area contributed by atoms with E-state index in [1.807, 2.05) is 0 Å². The molecule has 2 aliphatic rings. The topological polar surface area (TPSA) is 15.3 Å². The Labute approximate surface area is 120 Å². The van der Waals surface area contributed by atoms with Gasteiger partial charge in [-0.3, -0.25) is 0 Å².